The zero-order valence-electron chi connectivity index (χ0n) is 11.1. The van der Waals surface area contributed by atoms with Gasteiger partial charge >= 0.3 is 5.97 Å². The highest BCUT2D eigenvalue weighted by Gasteiger charge is 2.22. The number of rotatable bonds is 4. The second kappa shape index (κ2) is 6.24. The van der Waals surface area contributed by atoms with E-state index in [1.54, 1.807) is 12.1 Å². The average molecular weight is 305 g/mol. The summed E-state index contributed by atoms with van der Waals surface area (Å²) in [6.07, 6.45) is 0. The number of thiophene rings is 1. The van der Waals surface area contributed by atoms with E-state index in [2.05, 4.69) is 10.1 Å². The highest BCUT2D eigenvalue weighted by molar-refractivity contribution is 7.17. The molecule has 0 spiro atoms. The molecule has 2 rings (SSSR count). The minimum atomic E-state index is -0.605. The summed E-state index contributed by atoms with van der Waals surface area (Å²) in [4.78, 5) is 12.0. The van der Waals surface area contributed by atoms with E-state index in [0.717, 1.165) is 16.9 Å². The van der Waals surface area contributed by atoms with Gasteiger partial charge in [-0.3, -0.25) is 0 Å². The van der Waals surface area contributed by atoms with Crippen LogP contribution in [0.15, 0.2) is 24.3 Å². The Morgan fingerprint density at radius 3 is 2.71 bits per heavy atom. The van der Waals surface area contributed by atoms with E-state index in [9.17, 15) is 9.18 Å². The Morgan fingerprint density at radius 1 is 1.48 bits per heavy atom. The first-order valence-electron chi connectivity index (χ1n) is 5.95. The minimum Gasteiger partial charge on any atom is -0.465 e. The first-order chi connectivity index (χ1) is 10.1. The van der Waals surface area contributed by atoms with E-state index in [4.69, 9.17) is 11.0 Å². The van der Waals surface area contributed by atoms with Crippen molar-refractivity contribution in [2.45, 2.75) is 6.54 Å². The largest absolute Gasteiger partial charge is 0.465 e. The fraction of sp³-hybridized carbons (Fsp3) is 0.143. The second-order valence-electron chi connectivity index (χ2n) is 4.13. The molecule has 0 saturated heterocycles. The number of nitriles is 1. The Bertz CT molecular complexity index is 704. The van der Waals surface area contributed by atoms with Crippen molar-refractivity contribution in [1.82, 2.24) is 0 Å². The molecule has 0 aliphatic heterocycles. The van der Waals surface area contributed by atoms with Gasteiger partial charge in [-0.05, 0) is 17.7 Å². The van der Waals surface area contributed by atoms with Crippen molar-refractivity contribution in [2.24, 2.45) is 0 Å². The number of nitrogens with two attached hydrogens (primary N) is 1. The summed E-state index contributed by atoms with van der Waals surface area (Å²) < 4.78 is 17.5. The molecule has 0 radical (unpaired) electrons. The number of esters is 1. The van der Waals surface area contributed by atoms with E-state index in [1.165, 1.54) is 19.2 Å². The Morgan fingerprint density at radius 2 is 2.14 bits per heavy atom. The molecule has 3 N–H and O–H groups in total. The van der Waals surface area contributed by atoms with Crippen LogP contribution in [0, 0.1) is 17.1 Å². The molecular formula is C14H12FN3O2S. The van der Waals surface area contributed by atoms with Crippen molar-refractivity contribution >= 4 is 28.0 Å². The number of carbonyl (C=O) groups is 1. The van der Waals surface area contributed by atoms with Gasteiger partial charge in [0.2, 0.25) is 0 Å². The van der Waals surface area contributed by atoms with Gasteiger partial charge in [0.05, 0.1) is 12.8 Å². The smallest absolute Gasteiger partial charge is 0.343 e. The molecule has 0 saturated carbocycles. The molecule has 2 aromatic rings. The van der Waals surface area contributed by atoms with Crippen LogP contribution in [0.2, 0.25) is 0 Å². The van der Waals surface area contributed by atoms with Crippen molar-refractivity contribution < 1.29 is 13.9 Å². The van der Waals surface area contributed by atoms with E-state index in [-0.39, 0.29) is 21.9 Å². The Balaban J connectivity index is 2.25. The number of nitrogens with one attached hydrogen (secondary N) is 1. The molecule has 0 fully saturated rings. The molecule has 1 heterocycles. The van der Waals surface area contributed by atoms with Crippen LogP contribution in [0.3, 0.4) is 0 Å². The van der Waals surface area contributed by atoms with Crippen molar-refractivity contribution in [3.8, 4) is 6.07 Å². The Labute approximate surface area is 124 Å². The number of hydrogen-bond donors (Lipinski definition) is 2. The van der Waals surface area contributed by atoms with Gasteiger partial charge in [0.25, 0.3) is 0 Å². The first-order valence-corrected chi connectivity index (χ1v) is 6.77. The lowest BCUT2D eigenvalue weighted by Crippen LogP contribution is -2.08. The van der Waals surface area contributed by atoms with Gasteiger partial charge in [-0.1, -0.05) is 12.1 Å². The molecule has 1 aromatic carbocycles. The van der Waals surface area contributed by atoms with E-state index in [0.29, 0.717) is 11.5 Å². The van der Waals surface area contributed by atoms with Gasteiger partial charge in [0.1, 0.15) is 27.3 Å². The molecule has 0 aliphatic rings. The fourth-order valence-electron chi connectivity index (χ4n) is 1.74. The molecule has 0 bridgehead atoms. The summed E-state index contributed by atoms with van der Waals surface area (Å²) in [6.45, 7) is 0.370. The summed E-state index contributed by atoms with van der Waals surface area (Å²) in [5.41, 5.74) is 6.87. The van der Waals surface area contributed by atoms with Gasteiger partial charge in [-0.25, -0.2) is 9.18 Å². The van der Waals surface area contributed by atoms with Crippen LogP contribution in [0.25, 0.3) is 0 Å². The van der Waals surface area contributed by atoms with E-state index in [1.807, 2.05) is 6.07 Å². The molecular weight excluding hydrogens is 293 g/mol. The van der Waals surface area contributed by atoms with Crippen LogP contribution in [0.1, 0.15) is 20.8 Å². The number of benzene rings is 1. The molecule has 0 unspecified atom stereocenters. The molecule has 0 amide bonds. The third kappa shape index (κ3) is 3.12. The molecule has 5 nitrogen and oxygen atoms in total. The standard InChI is InChI=1S/C14H12FN3O2S/c1-20-14(19)11-12(17)10(6-16)21-13(11)18-7-8-2-4-9(15)5-3-8/h2-5,18H,7,17H2,1H3. The number of halogens is 1. The van der Waals surface area contributed by atoms with Crippen molar-refractivity contribution in [3.63, 3.8) is 0 Å². The van der Waals surface area contributed by atoms with Gasteiger partial charge in [-0.15, -0.1) is 11.3 Å². The number of nitrogen functional groups attached to an aromatic ring is 1. The summed E-state index contributed by atoms with van der Waals surface area (Å²) >= 11 is 1.08. The maximum absolute atomic E-state index is 12.8. The SMILES string of the molecule is COC(=O)c1c(NCc2ccc(F)cc2)sc(C#N)c1N. The van der Waals surface area contributed by atoms with Gasteiger partial charge in [-0.2, -0.15) is 5.26 Å². The summed E-state index contributed by atoms with van der Waals surface area (Å²) in [6, 6.07) is 7.89. The van der Waals surface area contributed by atoms with Crippen LogP contribution >= 0.6 is 11.3 Å². The normalized spacial score (nSPS) is 9.95. The second-order valence-corrected chi connectivity index (χ2v) is 5.15. The lowest BCUT2D eigenvalue weighted by atomic mass is 10.2. The van der Waals surface area contributed by atoms with Crippen LogP contribution < -0.4 is 11.1 Å². The van der Waals surface area contributed by atoms with Gasteiger partial charge in [0.15, 0.2) is 0 Å². The van der Waals surface area contributed by atoms with Crippen molar-refractivity contribution in [2.75, 3.05) is 18.2 Å². The zero-order valence-corrected chi connectivity index (χ0v) is 12.0. The number of anilines is 2. The highest BCUT2D eigenvalue weighted by Crippen LogP contribution is 2.35. The van der Waals surface area contributed by atoms with E-state index >= 15 is 0 Å². The quantitative estimate of drug-likeness (QED) is 0.848. The average Bonchev–Trinajstić information content (AvgIpc) is 2.82. The topological polar surface area (TPSA) is 88.1 Å². The van der Waals surface area contributed by atoms with Crippen LogP contribution in [0.4, 0.5) is 15.1 Å². The van der Waals surface area contributed by atoms with Crippen LogP contribution in [0.5, 0.6) is 0 Å². The minimum absolute atomic E-state index is 0.107. The predicted molar refractivity (Wildman–Crippen MR) is 78.5 cm³/mol. The molecule has 1 aromatic heterocycles. The highest BCUT2D eigenvalue weighted by atomic mass is 32.1. The lowest BCUT2D eigenvalue weighted by Gasteiger charge is -2.07. The van der Waals surface area contributed by atoms with E-state index < -0.39 is 5.97 Å². The lowest BCUT2D eigenvalue weighted by molar-refractivity contribution is 0.0603. The number of methoxy groups -OCH3 is 1. The maximum Gasteiger partial charge on any atom is 0.343 e. The Kier molecular flexibility index (Phi) is 4.40. The van der Waals surface area contributed by atoms with Crippen molar-refractivity contribution in [1.29, 1.82) is 5.26 Å². The van der Waals surface area contributed by atoms with Gasteiger partial charge < -0.3 is 15.8 Å². The third-order valence-corrected chi connectivity index (χ3v) is 3.87. The summed E-state index contributed by atoms with van der Waals surface area (Å²) in [5.74, 6) is -0.923. The molecule has 21 heavy (non-hydrogen) atoms. The number of carbonyl (C=O) groups excluding carboxylic acids is 1. The monoisotopic (exact) mass is 305 g/mol. The zero-order chi connectivity index (χ0) is 15.4. The van der Waals surface area contributed by atoms with Crippen LogP contribution in [-0.4, -0.2) is 13.1 Å². The maximum atomic E-state index is 12.8. The molecule has 0 atom stereocenters. The molecule has 0 aliphatic carbocycles. The van der Waals surface area contributed by atoms with Gasteiger partial charge in [0, 0.05) is 6.54 Å². The number of nitrogens with zero attached hydrogens (tertiary/aromatic N) is 1. The fourth-order valence-corrected chi connectivity index (χ4v) is 2.64. The predicted octanol–water partition coefficient (Wildman–Crippen LogP) is 2.74. The Hall–Kier alpha value is -2.59. The number of ether oxygens (including phenoxy) is 1. The van der Waals surface area contributed by atoms with Crippen LogP contribution in [-0.2, 0) is 11.3 Å². The first kappa shape index (κ1) is 14.8. The third-order valence-electron chi connectivity index (χ3n) is 2.80. The number of hydrogen-bond acceptors (Lipinski definition) is 6. The van der Waals surface area contributed by atoms with Crippen molar-refractivity contribution in [3.05, 3.63) is 46.1 Å². The molecule has 108 valence electrons. The summed E-state index contributed by atoms with van der Waals surface area (Å²) in [5, 5.41) is 12.5. The summed E-state index contributed by atoms with van der Waals surface area (Å²) in [7, 11) is 1.25. The molecule has 7 heteroatoms.